The SMILES string of the molecule is CCCSCC(O)Cc1cccc(F)c1Br. The fraction of sp³-hybridized carbons (Fsp3) is 0.500. The number of hydrogen-bond acceptors (Lipinski definition) is 2. The zero-order valence-electron chi connectivity index (χ0n) is 9.25. The van der Waals surface area contributed by atoms with Gasteiger partial charge >= 0.3 is 0 Å². The first-order valence-corrected chi connectivity index (χ1v) is 7.28. The molecule has 0 aliphatic heterocycles. The molecule has 0 spiro atoms. The molecule has 0 heterocycles. The highest BCUT2D eigenvalue weighted by Crippen LogP contribution is 2.22. The average Bonchev–Trinajstić information content (AvgIpc) is 2.25. The minimum atomic E-state index is -0.408. The summed E-state index contributed by atoms with van der Waals surface area (Å²) in [7, 11) is 0. The van der Waals surface area contributed by atoms with Crippen LogP contribution in [0.5, 0.6) is 0 Å². The van der Waals surface area contributed by atoms with Crippen molar-refractivity contribution in [3.63, 3.8) is 0 Å². The molecule has 1 N–H and O–H groups in total. The third-order valence-electron chi connectivity index (χ3n) is 2.15. The highest BCUT2D eigenvalue weighted by atomic mass is 79.9. The molecule has 1 aromatic rings. The molecule has 1 aromatic carbocycles. The summed E-state index contributed by atoms with van der Waals surface area (Å²) in [5.74, 6) is 1.49. The van der Waals surface area contributed by atoms with Crippen molar-refractivity contribution < 1.29 is 9.50 Å². The Bertz CT molecular complexity index is 333. The van der Waals surface area contributed by atoms with E-state index < -0.39 is 6.10 Å². The van der Waals surface area contributed by atoms with E-state index in [1.807, 2.05) is 6.07 Å². The Balaban J connectivity index is 2.49. The van der Waals surface area contributed by atoms with Crippen molar-refractivity contribution in [3.05, 3.63) is 34.1 Å². The van der Waals surface area contributed by atoms with Crippen LogP contribution in [0.25, 0.3) is 0 Å². The van der Waals surface area contributed by atoms with Gasteiger partial charge < -0.3 is 5.11 Å². The van der Waals surface area contributed by atoms with E-state index >= 15 is 0 Å². The van der Waals surface area contributed by atoms with Crippen LogP contribution in [-0.2, 0) is 6.42 Å². The molecule has 0 aromatic heterocycles. The zero-order chi connectivity index (χ0) is 12.0. The zero-order valence-corrected chi connectivity index (χ0v) is 11.7. The fourth-order valence-corrected chi connectivity index (χ4v) is 2.65. The summed E-state index contributed by atoms with van der Waals surface area (Å²) in [5.41, 5.74) is 0.824. The van der Waals surface area contributed by atoms with Gasteiger partial charge in [0.2, 0.25) is 0 Å². The molecule has 1 nitrogen and oxygen atoms in total. The highest BCUT2D eigenvalue weighted by Gasteiger charge is 2.10. The maximum atomic E-state index is 13.2. The van der Waals surface area contributed by atoms with Gasteiger partial charge in [-0.2, -0.15) is 11.8 Å². The molecule has 4 heteroatoms. The van der Waals surface area contributed by atoms with Gasteiger partial charge in [0, 0.05) is 12.2 Å². The van der Waals surface area contributed by atoms with Crippen LogP contribution in [0.4, 0.5) is 4.39 Å². The van der Waals surface area contributed by atoms with Crippen molar-refractivity contribution in [2.75, 3.05) is 11.5 Å². The maximum Gasteiger partial charge on any atom is 0.137 e. The molecule has 0 aliphatic rings. The van der Waals surface area contributed by atoms with E-state index in [9.17, 15) is 9.50 Å². The minimum absolute atomic E-state index is 0.272. The van der Waals surface area contributed by atoms with Crippen LogP contribution in [0.15, 0.2) is 22.7 Å². The van der Waals surface area contributed by atoms with Crippen LogP contribution in [-0.4, -0.2) is 22.7 Å². The van der Waals surface area contributed by atoms with Gasteiger partial charge in [-0.05, 0) is 39.7 Å². The largest absolute Gasteiger partial charge is 0.392 e. The van der Waals surface area contributed by atoms with Gasteiger partial charge in [0.15, 0.2) is 0 Å². The highest BCUT2D eigenvalue weighted by molar-refractivity contribution is 9.10. The molecule has 0 aliphatic carbocycles. The Morgan fingerprint density at radius 2 is 2.25 bits per heavy atom. The lowest BCUT2D eigenvalue weighted by molar-refractivity contribution is 0.200. The quantitative estimate of drug-likeness (QED) is 0.810. The van der Waals surface area contributed by atoms with E-state index in [-0.39, 0.29) is 5.82 Å². The van der Waals surface area contributed by atoms with E-state index in [1.54, 1.807) is 17.8 Å². The van der Waals surface area contributed by atoms with Crippen LogP contribution in [0, 0.1) is 5.82 Å². The number of benzene rings is 1. The molecule has 1 unspecified atom stereocenters. The Morgan fingerprint density at radius 1 is 1.50 bits per heavy atom. The molecule has 90 valence electrons. The molecular formula is C12H16BrFOS. The summed E-state index contributed by atoms with van der Waals surface area (Å²) in [5, 5.41) is 9.78. The van der Waals surface area contributed by atoms with Crippen LogP contribution in [0.1, 0.15) is 18.9 Å². The van der Waals surface area contributed by atoms with Crippen molar-refractivity contribution in [1.82, 2.24) is 0 Å². The van der Waals surface area contributed by atoms with Gasteiger partial charge in [-0.25, -0.2) is 4.39 Å². The monoisotopic (exact) mass is 306 g/mol. The molecule has 1 atom stereocenters. The van der Waals surface area contributed by atoms with E-state index in [2.05, 4.69) is 22.9 Å². The van der Waals surface area contributed by atoms with Crippen molar-refractivity contribution in [3.8, 4) is 0 Å². The van der Waals surface area contributed by atoms with Crippen molar-refractivity contribution in [2.45, 2.75) is 25.9 Å². The van der Waals surface area contributed by atoms with Crippen LogP contribution in [0.3, 0.4) is 0 Å². The lowest BCUT2D eigenvalue weighted by atomic mass is 10.1. The maximum absolute atomic E-state index is 13.2. The topological polar surface area (TPSA) is 20.2 Å². The van der Waals surface area contributed by atoms with E-state index in [4.69, 9.17) is 0 Å². The predicted octanol–water partition coefficient (Wildman–Crippen LogP) is 3.63. The third-order valence-corrected chi connectivity index (χ3v) is 4.35. The summed E-state index contributed by atoms with van der Waals surface area (Å²) in [6, 6.07) is 4.91. The van der Waals surface area contributed by atoms with Crippen molar-refractivity contribution in [2.24, 2.45) is 0 Å². The second-order valence-electron chi connectivity index (χ2n) is 3.65. The van der Waals surface area contributed by atoms with Gasteiger partial charge in [-0.3, -0.25) is 0 Å². The van der Waals surface area contributed by atoms with E-state index in [0.717, 1.165) is 17.7 Å². The predicted molar refractivity (Wildman–Crippen MR) is 71.4 cm³/mol. The number of thioether (sulfide) groups is 1. The van der Waals surface area contributed by atoms with Crippen LogP contribution < -0.4 is 0 Å². The summed E-state index contributed by atoms with van der Waals surface area (Å²) in [6.07, 6.45) is 1.20. The van der Waals surface area contributed by atoms with Crippen LogP contribution >= 0.6 is 27.7 Å². The second kappa shape index (κ2) is 7.30. The number of rotatable bonds is 6. The first kappa shape index (κ1) is 14.0. The Labute approximate surface area is 109 Å². The lowest BCUT2D eigenvalue weighted by Gasteiger charge is -2.11. The minimum Gasteiger partial charge on any atom is -0.392 e. The van der Waals surface area contributed by atoms with Gasteiger partial charge in [-0.1, -0.05) is 19.1 Å². The summed E-state index contributed by atoms with van der Waals surface area (Å²) < 4.78 is 13.7. The molecular weight excluding hydrogens is 291 g/mol. The molecule has 0 bridgehead atoms. The molecule has 1 rings (SSSR count). The summed E-state index contributed by atoms with van der Waals surface area (Å²) in [4.78, 5) is 0. The smallest absolute Gasteiger partial charge is 0.137 e. The first-order valence-electron chi connectivity index (χ1n) is 5.33. The number of halogens is 2. The van der Waals surface area contributed by atoms with E-state index in [0.29, 0.717) is 16.6 Å². The molecule has 0 saturated carbocycles. The third kappa shape index (κ3) is 4.44. The number of hydrogen-bond donors (Lipinski definition) is 1. The average molecular weight is 307 g/mol. The normalized spacial score (nSPS) is 12.8. The Hall–Kier alpha value is -0.0600. The van der Waals surface area contributed by atoms with Gasteiger partial charge in [0.1, 0.15) is 5.82 Å². The fourth-order valence-electron chi connectivity index (χ4n) is 1.38. The van der Waals surface area contributed by atoms with Crippen molar-refractivity contribution in [1.29, 1.82) is 0 Å². The molecule has 0 fully saturated rings. The van der Waals surface area contributed by atoms with Gasteiger partial charge in [-0.15, -0.1) is 0 Å². The first-order chi connectivity index (χ1) is 7.65. The molecule has 0 radical (unpaired) electrons. The van der Waals surface area contributed by atoms with E-state index in [1.165, 1.54) is 6.07 Å². The van der Waals surface area contributed by atoms with Gasteiger partial charge in [0.25, 0.3) is 0 Å². The Morgan fingerprint density at radius 3 is 2.94 bits per heavy atom. The molecule has 0 amide bonds. The number of aliphatic hydroxyl groups is 1. The molecule has 16 heavy (non-hydrogen) atoms. The molecule has 0 saturated heterocycles. The van der Waals surface area contributed by atoms with Crippen LogP contribution in [0.2, 0.25) is 0 Å². The second-order valence-corrected chi connectivity index (χ2v) is 5.59. The number of aliphatic hydroxyl groups excluding tert-OH is 1. The van der Waals surface area contributed by atoms with Gasteiger partial charge in [0.05, 0.1) is 10.6 Å². The standard InChI is InChI=1S/C12H16BrFOS/c1-2-6-16-8-10(15)7-9-4-3-5-11(14)12(9)13/h3-5,10,15H,2,6-8H2,1H3. The Kier molecular flexibility index (Phi) is 6.39. The van der Waals surface area contributed by atoms with Crippen molar-refractivity contribution >= 4 is 27.7 Å². The summed E-state index contributed by atoms with van der Waals surface area (Å²) in [6.45, 7) is 2.11. The summed E-state index contributed by atoms with van der Waals surface area (Å²) >= 11 is 4.93. The lowest BCUT2D eigenvalue weighted by Crippen LogP contribution is -2.14.